The number of primary amides is 1. The molecule has 0 heterocycles. The topological polar surface area (TPSA) is 214 Å². The number of carbonyl (C=O) groups excluding carboxylic acids is 4. The summed E-state index contributed by atoms with van der Waals surface area (Å²) in [5.74, 6) is -4.16. The van der Waals surface area contributed by atoms with Crippen LogP contribution in [0.2, 0.25) is 0 Å². The summed E-state index contributed by atoms with van der Waals surface area (Å²) in [6.45, 7) is 4.18. The van der Waals surface area contributed by atoms with E-state index < -0.39 is 60.4 Å². The molecule has 29 heavy (non-hydrogen) atoms. The van der Waals surface area contributed by atoms with E-state index in [1.807, 2.05) is 0 Å². The number of nitrogens with one attached hydrogen (secondary N) is 3. The molecule has 0 spiro atoms. The third kappa shape index (κ3) is 10.4. The number of nitrogens with two attached hydrogens (primary N) is 2. The van der Waals surface area contributed by atoms with Crippen molar-refractivity contribution in [2.45, 2.75) is 64.2 Å². The molecule has 0 radical (unpaired) electrons. The number of carbonyl (C=O) groups is 5. The molecular weight excluding hydrogens is 386 g/mol. The molecule has 0 aromatic carbocycles. The average molecular weight is 417 g/mol. The lowest BCUT2D eigenvalue weighted by molar-refractivity contribution is -0.143. The molecule has 12 nitrogen and oxygen atoms in total. The molecule has 0 bridgehead atoms. The van der Waals surface area contributed by atoms with Gasteiger partial charge in [0.1, 0.15) is 18.1 Å². The lowest BCUT2D eigenvalue weighted by Crippen LogP contribution is -2.57. The van der Waals surface area contributed by atoms with Crippen molar-refractivity contribution in [2.24, 2.45) is 17.4 Å². The largest absolute Gasteiger partial charge is 0.480 e. The zero-order chi connectivity index (χ0) is 22.7. The van der Waals surface area contributed by atoms with E-state index in [9.17, 15) is 24.0 Å². The molecule has 12 heteroatoms. The van der Waals surface area contributed by atoms with Gasteiger partial charge in [-0.15, -0.1) is 0 Å². The highest BCUT2D eigenvalue weighted by Crippen LogP contribution is 2.06. The Morgan fingerprint density at radius 1 is 0.897 bits per heavy atom. The first kappa shape index (κ1) is 26.3. The Bertz CT molecular complexity index is 611. The molecule has 0 aliphatic carbocycles. The molecule has 4 atom stereocenters. The van der Waals surface area contributed by atoms with Crippen LogP contribution in [-0.2, 0) is 24.0 Å². The number of rotatable bonds is 13. The summed E-state index contributed by atoms with van der Waals surface area (Å²) in [4.78, 5) is 58.4. The summed E-state index contributed by atoms with van der Waals surface area (Å²) in [5, 5.41) is 25.0. The van der Waals surface area contributed by atoms with E-state index in [0.29, 0.717) is 0 Å². The summed E-state index contributed by atoms with van der Waals surface area (Å²) >= 11 is 0. The number of aliphatic hydroxyl groups is 1. The fraction of sp³-hybridized carbons (Fsp3) is 0.706. The first-order valence-corrected chi connectivity index (χ1v) is 9.17. The van der Waals surface area contributed by atoms with E-state index in [-0.39, 0.29) is 25.2 Å². The molecule has 0 aliphatic heterocycles. The van der Waals surface area contributed by atoms with Crippen molar-refractivity contribution < 1.29 is 34.2 Å². The predicted octanol–water partition coefficient (Wildman–Crippen LogP) is -2.82. The Hall–Kier alpha value is -2.73. The number of aliphatic carboxylic acids is 1. The quantitative estimate of drug-likeness (QED) is 0.165. The van der Waals surface area contributed by atoms with Gasteiger partial charge in [-0.2, -0.15) is 0 Å². The van der Waals surface area contributed by atoms with E-state index in [2.05, 4.69) is 16.0 Å². The van der Waals surface area contributed by atoms with Gasteiger partial charge in [0, 0.05) is 6.42 Å². The average Bonchev–Trinajstić information content (AvgIpc) is 2.62. The van der Waals surface area contributed by atoms with Crippen LogP contribution in [0.5, 0.6) is 0 Å². The highest BCUT2D eigenvalue weighted by Gasteiger charge is 2.29. The van der Waals surface area contributed by atoms with Gasteiger partial charge in [0.2, 0.25) is 23.6 Å². The lowest BCUT2D eigenvalue weighted by atomic mass is 10.0. The minimum absolute atomic E-state index is 0.0180. The fourth-order valence-corrected chi connectivity index (χ4v) is 2.27. The fourth-order valence-electron chi connectivity index (χ4n) is 2.27. The van der Waals surface area contributed by atoms with E-state index in [0.717, 1.165) is 0 Å². The molecule has 0 saturated heterocycles. The molecule has 0 aliphatic rings. The van der Waals surface area contributed by atoms with Crippen LogP contribution in [0.1, 0.15) is 40.0 Å². The minimum Gasteiger partial charge on any atom is -0.480 e. The van der Waals surface area contributed by atoms with Crippen molar-refractivity contribution in [3.8, 4) is 0 Å². The molecule has 4 unspecified atom stereocenters. The van der Waals surface area contributed by atoms with E-state index in [1.54, 1.807) is 13.8 Å². The third-order valence-corrected chi connectivity index (χ3v) is 3.93. The lowest BCUT2D eigenvalue weighted by Gasteiger charge is -2.24. The van der Waals surface area contributed by atoms with Gasteiger partial charge >= 0.3 is 5.97 Å². The summed E-state index contributed by atoms with van der Waals surface area (Å²) in [5.41, 5.74) is 10.6. The Labute approximate surface area is 168 Å². The third-order valence-electron chi connectivity index (χ3n) is 3.93. The molecule has 0 saturated carbocycles. The molecule has 0 fully saturated rings. The summed E-state index contributed by atoms with van der Waals surface area (Å²) in [6, 6.07) is -4.65. The SMILES string of the molecule is CC(C)CC(NC(=O)C(C)NC(=O)C(N)CCC(N)=O)C(=O)NC(CO)C(=O)O. The number of aliphatic hydroxyl groups excluding tert-OH is 1. The number of amides is 4. The van der Waals surface area contributed by atoms with Crippen molar-refractivity contribution >= 4 is 29.6 Å². The molecule has 0 aromatic rings. The van der Waals surface area contributed by atoms with Crippen LogP contribution >= 0.6 is 0 Å². The second-order valence-electron chi connectivity index (χ2n) is 7.11. The van der Waals surface area contributed by atoms with Gasteiger partial charge in [-0.3, -0.25) is 19.2 Å². The van der Waals surface area contributed by atoms with Gasteiger partial charge in [0.05, 0.1) is 12.6 Å². The highest BCUT2D eigenvalue weighted by molar-refractivity contribution is 5.94. The number of carboxylic acid groups (broad SMARTS) is 1. The molecular formula is C17H31N5O7. The van der Waals surface area contributed by atoms with E-state index in [1.165, 1.54) is 6.92 Å². The van der Waals surface area contributed by atoms with Crippen LogP contribution < -0.4 is 27.4 Å². The maximum atomic E-state index is 12.4. The van der Waals surface area contributed by atoms with Gasteiger partial charge in [0.15, 0.2) is 0 Å². The van der Waals surface area contributed by atoms with Crippen molar-refractivity contribution in [3.63, 3.8) is 0 Å². The van der Waals surface area contributed by atoms with Crippen LogP contribution in [0.15, 0.2) is 0 Å². The monoisotopic (exact) mass is 417 g/mol. The van der Waals surface area contributed by atoms with Crippen LogP contribution in [0.3, 0.4) is 0 Å². The minimum atomic E-state index is -1.51. The zero-order valence-corrected chi connectivity index (χ0v) is 16.8. The molecule has 0 rings (SSSR count). The maximum Gasteiger partial charge on any atom is 0.328 e. The van der Waals surface area contributed by atoms with Crippen molar-refractivity contribution in [3.05, 3.63) is 0 Å². The first-order chi connectivity index (χ1) is 13.4. The molecule has 0 aromatic heterocycles. The first-order valence-electron chi connectivity index (χ1n) is 9.17. The molecule has 4 amide bonds. The smallest absolute Gasteiger partial charge is 0.328 e. The number of hydrogen-bond donors (Lipinski definition) is 7. The van der Waals surface area contributed by atoms with E-state index in [4.69, 9.17) is 21.7 Å². The summed E-state index contributed by atoms with van der Waals surface area (Å²) < 4.78 is 0. The molecule has 166 valence electrons. The van der Waals surface area contributed by atoms with Gasteiger partial charge in [-0.05, 0) is 25.7 Å². The number of hydrogen-bond acceptors (Lipinski definition) is 7. The van der Waals surface area contributed by atoms with Crippen molar-refractivity contribution in [2.75, 3.05) is 6.61 Å². The van der Waals surface area contributed by atoms with E-state index >= 15 is 0 Å². The predicted molar refractivity (Wildman–Crippen MR) is 102 cm³/mol. The second kappa shape index (κ2) is 12.7. The Morgan fingerprint density at radius 2 is 1.45 bits per heavy atom. The van der Waals surface area contributed by atoms with Crippen molar-refractivity contribution in [1.82, 2.24) is 16.0 Å². The normalized spacial score (nSPS) is 15.0. The number of carboxylic acids is 1. The maximum absolute atomic E-state index is 12.4. The van der Waals surface area contributed by atoms with Gasteiger partial charge < -0.3 is 37.6 Å². The Kier molecular flexibility index (Phi) is 11.5. The van der Waals surface area contributed by atoms with Crippen LogP contribution in [-0.4, -0.2) is 70.6 Å². The summed E-state index contributed by atoms with van der Waals surface area (Å²) in [6.07, 6.45) is 0.140. The van der Waals surface area contributed by atoms with Crippen LogP contribution in [0, 0.1) is 5.92 Å². The summed E-state index contributed by atoms with van der Waals surface area (Å²) in [7, 11) is 0. The van der Waals surface area contributed by atoms with Crippen LogP contribution in [0.25, 0.3) is 0 Å². The molecule has 9 N–H and O–H groups in total. The van der Waals surface area contributed by atoms with Gasteiger partial charge in [-0.25, -0.2) is 4.79 Å². The van der Waals surface area contributed by atoms with Crippen molar-refractivity contribution in [1.29, 1.82) is 0 Å². The second-order valence-corrected chi connectivity index (χ2v) is 7.11. The highest BCUT2D eigenvalue weighted by atomic mass is 16.4. The van der Waals surface area contributed by atoms with Crippen LogP contribution in [0.4, 0.5) is 0 Å². The zero-order valence-electron chi connectivity index (χ0n) is 16.8. The Balaban J connectivity index is 4.95. The standard InChI is InChI=1S/C17H31N5O7/c1-8(2)6-11(16(27)22-12(7-23)17(28)29)21-14(25)9(3)20-15(26)10(18)4-5-13(19)24/h8-12,23H,4-7,18H2,1-3H3,(H2,19,24)(H,20,26)(H,21,25)(H,22,27)(H,28,29). The van der Waals surface area contributed by atoms with Gasteiger partial charge in [0.25, 0.3) is 0 Å². The van der Waals surface area contributed by atoms with Gasteiger partial charge in [-0.1, -0.05) is 13.8 Å². The Morgan fingerprint density at radius 3 is 1.90 bits per heavy atom.